The van der Waals surface area contributed by atoms with E-state index in [1.54, 1.807) is 0 Å². The topological polar surface area (TPSA) is 9.23 Å². The van der Waals surface area contributed by atoms with E-state index in [4.69, 9.17) is 4.74 Å². The minimum atomic E-state index is 0.581. The quantitative estimate of drug-likeness (QED) is 0.677. The minimum Gasteiger partial charge on any atom is -0.493 e. The van der Waals surface area contributed by atoms with Crippen LogP contribution in [0.1, 0.15) is 69.9 Å². The van der Waals surface area contributed by atoms with Gasteiger partial charge in [0.1, 0.15) is 5.75 Å². The summed E-state index contributed by atoms with van der Waals surface area (Å²) in [5.74, 6) is 3.29. The molecule has 0 aromatic heterocycles. The summed E-state index contributed by atoms with van der Waals surface area (Å²) in [6.07, 6.45) is 3.95. The molecule has 0 bridgehead atoms. The second-order valence-electron chi connectivity index (χ2n) is 5.63. The second kappa shape index (κ2) is 5.77. The zero-order chi connectivity index (χ0) is 13.1. The maximum absolute atomic E-state index is 5.99. The largest absolute Gasteiger partial charge is 0.493 e. The Kier molecular flexibility index (Phi) is 4.31. The zero-order valence-corrected chi connectivity index (χ0v) is 12.2. The molecule has 1 heteroatoms. The number of para-hydroxylation sites is 1. The van der Waals surface area contributed by atoms with Gasteiger partial charge in [-0.15, -0.1) is 0 Å². The average molecular weight is 246 g/mol. The molecule has 0 amide bonds. The molecular weight excluding hydrogens is 220 g/mol. The smallest absolute Gasteiger partial charge is 0.126 e. The molecule has 1 aromatic carbocycles. The standard InChI is InChI=1S/C17H26O/c1-5-12(3)15-8-7-9-16(17(15)18-6-2)13(4)14-10-11-14/h7-9,12-14H,5-6,10-11H2,1-4H3/t12?,13-/m1/s1. The van der Waals surface area contributed by atoms with Crippen LogP contribution in [-0.4, -0.2) is 6.61 Å². The average Bonchev–Trinajstić information content (AvgIpc) is 3.22. The second-order valence-corrected chi connectivity index (χ2v) is 5.63. The Morgan fingerprint density at radius 2 is 1.83 bits per heavy atom. The zero-order valence-electron chi connectivity index (χ0n) is 12.2. The summed E-state index contributed by atoms with van der Waals surface area (Å²) in [5.41, 5.74) is 2.82. The monoisotopic (exact) mass is 246 g/mol. The molecule has 0 spiro atoms. The van der Waals surface area contributed by atoms with Crippen LogP contribution in [-0.2, 0) is 0 Å². The van der Waals surface area contributed by atoms with Gasteiger partial charge in [-0.2, -0.15) is 0 Å². The first kappa shape index (κ1) is 13.5. The maximum Gasteiger partial charge on any atom is 0.126 e. The fraction of sp³-hybridized carbons (Fsp3) is 0.647. The molecule has 2 atom stereocenters. The van der Waals surface area contributed by atoms with E-state index in [1.165, 1.54) is 36.1 Å². The summed E-state index contributed by atoms with van der Waals surface area (Å²) < 4.78 is 5.99. The molecule has 1 saturated carbocycles. The van der Waals surface area contributed by atoms with Crippen molar-refractivity contribution < 1.29 is 4.74 Å². The Bertz CT molecular complexity index is 393. The van der Waals surface area contributed by atoms with Crippen molar-refractivity contribution in [2.24, 2.45) is 5.92 Å². The van der Waals surface area contributed by atoms with Crippen LogP contribution in [0.25, 0.3) is 0 Å². The van der Waals surface area contributed by atoms with Gasteiger partial charge in [0, 0.05) is 0 Å². The molecular formula is C17H26O. The van der Waals surface area contributed by atoms with Crippen molar-refractivity contribution in [1.29, 1.82) is 0 Å². The first-order valence-electron chi connectivity index (χ1n) is 7.44. The van der Waals surface area contributed by atoms with Crippen LogP contribution in [0, 0.1) is 5.92 Å². The molecule has 0 saturated heterocycles. The third kappa shape index (κ3) is 2.71. The molecule has 1 aliphatic carbocycles. The van der Waals surface area contributed by atoms with E-state index in [0.29, 0.717) is 11.8 Å². The van der Waals surface area contributed by atoms with Gasteiger partial charge in [-0.3, -0.25) is 0 Å². The third-order valence-electron chi connectivity index (χ3n) is 4.33. The van der Waals surface area contributed by atoms with E-state index in [9.17, 15) is 0 Å². The molecule has 2 rings (SSSR count). The fourth-order valence-corrected chi connectivity index (χ4v) is 2.70. The highest BCUT2D eigenvalue weighted by molar-refractivity contribution is 5.45. The number of hydrogen-bond donors (Lipinski definition) is 0. The van der Waals surface area contributed by atoms with Gasteiger partial charge in [0.15, 0.2) is 0 Å². The van der Waals surface area contributed by atoms with Gasteiger partial charge < -0.3 is 4.74 Å². The van der Waals surface area contributed by atoms with E-state index in [-0.39, 0.29) is 0 Å². The highest BCUT2D eigenvalue weighted by atomic mass is 16.5. The fourth-order valence-electron chi connectivity index (χ4n) is 2.70. The molecule has 0 radical (unpaired) electrons. The first-order chi connectivity index (χ1) is 8.69. The molecule has 0 aliphatic heterocycles. The van der Waals surface area contributed by atoms with Crippen LogP contribution in [0.2, 0.25) is 0 Å². The van der Waals surface area contributed by atoms with Gasteiger partial charge in [-0.1, -0.05) is 39.0 Å². The van der Waals surface area contributed by atoms with E-state index in [2.05, 4.69) is 45.9 Å². The first-order valence-corrected chi connectivity index (χ1v) is 7.44. The molecule has 1 fully saturated rings. The van der Waals surface area contributed by atoms with E-state index >= 15 is 0 Å². The highest BCUT2D eigenvalue weighted by Crippen LogP contribution is 2.46. The molecule has 1 unspecified atom stereocenters. The van der Waals surface area contributed by atoms with Crippen LogP contribution in [0.5, 0.6) is 5.75 Å². The third-order valence-corrected chi connectivity index (χ3v) is 4.33. The van der Waals surface area contributed by atoms with Crippen molar-refractivity contribution in [3.63, 3.8) is 0 Å². The molecule has 1 aromatic rings. The summed E-state index contributed by atoms with van der Waals surface area (Å²) >= 11 is 0. The number of benzene rings is 1. The lowest BCUT2D eigenvalue weighted by Crippen LogP contribution is -2.06. The summed E-state index contributed by atoms with van der Waals surface area (Å²) in [7, 11) is 0. The van der Waals surface area contributed by atoms with Crippen LogP contribution in [0.4, 0.5) is 0 Å². The predicted molar refractivity (Wildman–Crippen MR) is 77.5 cm³/mol. The van der Waals surface area contributed by atoms with E-state index in [1.807, 2.05) is 0 Å². The lowest BCUT2D eigenvalue weighted by Gasteiger charge is -2.22. The van der Waals surface area contributed by atoms with Crippen molar-refractivity contribution in [3.8, 4) is 5.75 Å². The Morgan fingerprint density at radius 3 is 2.39 bits per heavy atom. The Morgan fingerprint density at radius 1 is 1.17 bits per heavy atom. The van der Waals surface area contributed by atoms with Crippen LogP contribution >= 0.6 is 0 Å². The highest BCUT2D eigenvalue weighted by Gasteiger charge is 2.31. The molecule has 100 valence electrons. The molecule has 0 N–H and O–H groups in total. The van der Waals surface area contributed by atoms with Gasteiger partial charge in [-0.05, 0) is 55.1 Å². The van der Waals surface area contributed by atoms with Gasteiger partial charge in [-0.25, -0.2) is 0 Å². The van der Waals surface area contributed by atoms with Crippen molar-refractivity contribution in [3.05, 3.63) is 29.3 Å². The summed E-state index contributed by atoms with van der Waals surface area (Å²) in [5, 5.41) is 0. The van der Waals surface area contributed by atoms with Crippen molar-refractivity contribution in [2.75, 3.05) is 6.61 Å². The lowest BCUT2D eigenvalue weighted by molar-refractivity contribution is 0.327. The molecule has 0 heterocycles. The van der Waals surface area contributed by atoms with Crippen LogP contribution in [0.15, 0.2) is 18.2 Å². The summed E-state index contributed by atoms with van der Waals surface area (Å²) in [4.78, 5) is 0. The summed E-state index contributed by atoms with van der Waals surface area (Å²) in [6.45, 7) is 9.74. The Hall–Kier alpha value is -0.980. The Labute approximate surface area is 112 Å². The van der Waals surface area contributed by atoms with Crippen molar-refractivity contribution in [2.45, 2.75) is 58.8 Å². The van der Waals surface area contributed by atoms with Gasteiger partial charge in [0.05, 0.1) is 6.61 Å². The van der Waals surface area contributed by atoms with Gasteiger partial charge >= 0.3 is 0 Å². The number of ether oxygens (including phenoxy) is 1. The molecule has 18 heavy (non-hydrogen) atoms. The van der Waals surface area contributed by atoms with Crippen molar-refractivity contribution >= 4 is 0 Å². The van der Waals surface area contributed by atoms with E-state index in [0.717, 1.165) is 12.5 Å². The normalized spacial score (nSPS) is 18.4. The van der Waals surface area contributed by atoms with Crippen LogP contribution in [0.3, 0.4) is 0 Å². The SMILES string of the molecule is CCOc1c(C(C)CC)cccc1[C@H](C)C1CC1. The molecule has 1 aliphatic rings. The predicted octanol–water partition coefficient (Wildman–Crippen LogP) is 5.11. The molecule has 1 nitrogen and oxygen atoms in total. The minimum absolute atomic E-state index is 0.581. The van der Waals surface area contributed by atoms with E-state index < -0.39 is 0 Å². The Balaban J connectivity index is 2.37. The van der Waals surface area contributed by atoms with Crippen LogP contribution < -0.4 is 4.74 Å². The van der Waals surface area contributed by atoms with Crippen molar-refractivity contribution in [1.82, 2.24) is 0 Å². The lowest BCUT2D eigenvalue weighted by atomic mass is 9.89. The maximum atomic E-state index is 5.99. The summed E-state index contributed by atoms with van der Waals surface area (Å²) in [6, 6.07) is 6.71. The number of hydrogen-bond acceptors (Lipinski definition) is 1. The van der Waals surface area contributed by atoms with Gasteiger partial charge in [0.2, 0.25) is 0 Å². The van der Waals surface area contributed by atoms with Gasteiger partial charge in [0.25, 0.3) is 0 Å². The number of rotatable bonds is 6.